The molecule has 0 aliphatic carbocycles. The van der Waals surface area contributed by atoms with Crippen molar-refractivity contribution in [1.29, 1.82) is 0 Å². The molecule has 11 heavy (non-hydrogen) atoms. The molecule has 0 aliphatic heterocycles. The molecule has 0 saturated carbocycles. The second-order valence-electron chi connectivity index (χ2n) is 2.21. The van der Waals surface area contributed by atoms with Crippen LogP contribution in [0.3, 0.4) is 0 Å². The van der Waals surface area contributed by atoms with Crippen LogP contribution in [0.25, 0.3) is 0 Å². The van der Waals surface area contributed by atoms with E-state index in [4.69, 9.17) is 22.4 Å². The molecule has 0 fully saturated rings. The van der Waals surface area contributed by atoms with Gasteiger partial charge in [-0.2, -0.15) is 0 Å². The summed E-state index contributed by atoms with van der Waals surface area (Å²) in [6, 6.07) is 0. The molecule has 0 unspecified atom stereocenters. The molecule has 66 valence electrons. The molecule has 0 aromatic carbocycles. The van der Waals surface area contributed by atoms with Crippen molar-refractivity contribution >= 4 is 6.26 Å². The molecule has 0 amide bonds. The lowest BCUT2D eigenvalue weighted by Crippen LogP contribution is -2.41. The van der Waals surface area contributed by atoms with Crippen LogP contribution < -0.4 is 5.73 Å². The molecule has 3 atom stereocenters. The molecule has 5 nitrogen and oxygen atoms in total. The summed E-state index contributed by atoms with van der Waals surface area (Å²) in [5, 5.41) is 26.9. The number of hydrogen-bond donors (Lipinski definition) is 4. The number of aliphatic hydroxyl groups is 3. The molecule has 0 saturated heterocycles. The van der Waals surface area contributed by atoms with E-state index in [1.54, 1.807) is 0 Å². The first-order chi connectivity index (χ1) is 5.49. The van der Waals surface area contributed by atoms with E-state index in [1.165, 1.54) is 0 Å². The van der Waals surface area contributed by atoms with Gasteiger partial charge in [-0.15, -0.1) is 0 Å². The number of carbonyl (C=O) groups excluding carboxylic acids is 1. The van der Waals surface area contributed by atoms with E-state index in [9.17, 15) is 4.79 Å². The topological polar surface area (TPSA) is 104 Å². The van der Waals surface area contributed by atoms with Crippen LogP contribution in [0.4, 0.5) is 0 Å². The summed E-state index contributed by atoms with van der Waals surface area (Å²) in [5.74, 6) is 0. The van der Waals surface area contributed by atoms with Gasteiger partial charge in [0, 0.05) is 13.0 Å². The van der Waals surface area contributed by atoms with Gasteiger partial charge in [0.2, 0.25) is 0 Å². The van der Waals surface area contributed by atoms with E-state index in [0.29, 0.717) is 0 Å². The zero-order valence-electron chi connectivity index (χ0n) is 6.97. The molecule has 5 heteroatoms. The van der Waals surface area contributed by atoms with Gasteiger partial charge in [-0.3, -0.25) is 0 Å². The van der Waals surface area contributed by atoms with Crippen molar-refractivity contribution in [3.63, 3.8) is 0 Å². The van der Waals surface area contributed by atoms with Crippen LogP contribution in [0.5, 0.6) is 0 Å². The van der Waals surface area contributed by atoms with Crippen molar-refractivity contribution < 1.29 is 21.5 Å². The Morgan fingerprint density at radius 3 is 2.36 bits per heavy atom. The molecular formula is C6H13NO4. The smallest absolute Gasteiger partial charge is 0.122 e. The lowest BCUT2D eigenvalue weighted by Gasteiger charge is -2.19. The van der Waals surface area contributed by atoms with Gasteiger partial charge in [-0.1, -0.05) is 0 Å². The van der Waals surface area contributed by atoms with Crippen molar-refractivity contribution in [1.82, 2.24) is 0 Å². The summed E-state index contributed by atoms with van der Waals surface area (Å²) in [6.07, 6.45) is -5.65. The Bertz CT molecular complexity index is 154. The highest BCUT2D eigenvalue weighted by atomic mass is 16.4. The minimum absolute atomic E-state index is 0.204. The van der Waals surface area contributed by atoms with Gasteiger partial charge in [0.05, 0.1) is 12.2 Å². The predicted molar refractivity (Wildman–Crippen MR) is 37.8 cm³/mol. The van der Waals surface area contributed by atoms with Crippen LogP contribution in [-0.2, 0) is 4.79 Å². The maximum absolute atomic E-state index is 10.2. The van der Waals surface area contributed by atoms with Gasteiger partial charge >= 0.3 is 0 Å². The summed E-state index contributed by atoms with van der Waals surface area (Å²) in [7, 11) is 0. The van der Waals surface area contributed by atoms with Crippen LogP contribution in [0.15, 0.2) is 0 Å². The van der Waals surface area contributed by atoms with Gasteiger partial charge in [0.15, 0.2) is 0 Å². The second kappa shape index (κ2) is 5.20. The molecule has 0 rings (SSSR count). The molecular weight excluding hydrogens is 150 g/mol. The summed E-state index contributed by atoms with van der Waals surface area (Å²) in [5.41, 5.74) is 4.99. The molecule has 0 spiro atoms. The standard InChI is InChI=1S/C6H13NO4/c7-3-5(10)6(11)4(9)1-2-8/h2,4-6,9-11H,1,3,7H2/t4-,5-,6+/m1/s1/i2D. The summed E-state index contributed by atoms with van der Waals surface area (Å²) in [6.45, 7) is -0.204. The van der Waals surface area contributed by atoms with E-state index in [0.717, 1.165) is 0 Å². The number of aldehydes is 1. The first-order valence-electron chi connectivity index (χ1n) is 3.72. The average Bonchev–Trinajstić information content (AvgIpc) is 2.00. The van der Waals surface area contributed by atoms with Gasteiger partial charge in [0.25, 0.3) is 0 Å². The Hall–Kier alpha value is -0.490. The second-order valence-corrected chi connectivity index (χ2v) is 2.21. The Labute approximate surface area is 65.9 Å². The normalized spacial score (nSPS) is 20.2. The maximum Gasteiger partial charge on any atom is 0.122 e. The van der Waals surface area contributed by atoms with E-state index in [-0.39, 0.29) is 6.54 Å². The zero-order valence-corrected chi connectivity index (χ0v) is 5.97. The van der Waals surface area contributed by atoms with Crippen molar-refractivity contribution in [2.45, 2.75) is 24.7 Å². The average molecular weight is 164 g/mol. The zero-order chi connectivity index (χ0) is 9.72. The summed E-state index contributed by atoms with van der Waals surface area (Å²) in [4.78, 5) is 10.2. The number of carbonyl (C=O) groups is 1. The van der Waals surface area contributed by atoms with Crippen LogP contribution >= 0.6 is 0 Å². The number of aliphatic hydroxyl groups excluding tert-OH is 3. The third-order valence-electron chi connectivity index (χ3n) is 1.32. The predicted octanol–water partition coefficient (Wildman–Crippen LogP) is -2.38. The van der Waals surface area contributed by atoms with Gasteiger partial charge < -0.3 is 25.8 Å². The van der Waals surface area contributed by atoms with Crippen molar-refractivity contribution in [3.05, 3.63) is 0 Å². The Morgan fingerprint density at radius 2 is 2.00 bits per heavy atom. The first-order valence-corrected chi connectivity index (χ1v) is 3.22. The first kappa shape index (κ1) is 8.61. The monoisotopic (exact) mass is 164 g/mol. The maximum atomic E-state index is 10.2. The van der Waals surface area contributed by atoms with Crippen molar-refractivity contribution in [2.24, 2.45) is 5.73 Å². The van der Waals surface area contributed by atoms with Crippen LogP contribution in [0.1, 0.15) is 7.79 Å². The van der Waals surface area contributed by atoms with Crippen molar-refractivity contribution in [3.8, 4) is 0 Å². The summed E-state index contributed by atoms with van der Waals surface area (Å²) >= 11 is 0. The highest BCUT2D eigenvalue weighted by molar-refractivity contribution is 5.50. The highest BCUT2D eigenvalue weighted by Crippen LogP contribution is 2.01. The number of rotatable bonds is 5. The van der Waals surface area contributed by atoms with E-state index < -0.39 is 31.0 Å². The largest absolute Gasteiger partial charge is 0.390 e. The Kier molecular flexibility index (Phi) is 4.07. The minimum Gasteiger partial charge on any atom is -0.390 e. The fourth-order valence-corrected chi connectivity index (χ4v) is 0.602. The minimum atomic E-state index is -1.47. The van der Waals surface area contributed by atoms with Crippen LogP contribution in [-0.4, -0.2) is 46.4 Å². The molecule has 5 N–H and O–H groups in total. The van der Waals surface area contributed by atoms with E-state index >= 15 is 0 Å². The molecule has 0 aliphatic rings. The van der Waals surface area contributed by atoms with Gasteiger partial charge in [0.1, 0.15) is 13.7 Å². The summed E-state index contributed by atoms with van der Waals surface area (Å²) < 4.78 is 6.48. The quantitative estimate of drug-likeness (QED) is 0.340. The lowest BCUT2D eigenvalue weighted by atomic mass is 10.1. The Balaban J connectivity index is 3.91. The number of nitrogens with two attached hydrogens (primary N) is 1. The molecule has 0 bridgehead atoms. The highest BCUT2D eigenvalue weighted by Gasteiger charge is 2.22. The van der Waals surface area contributed by atoms with Gasteiger partial charge in [-0.05, 0) is 0 Å². The van der Waals surface area contributed by atoms with Gasteiger partial charge in [-0.25, -0.2) is 0 Å². The fourth-order valence-electron chi connectivity index (χ4n) is 0.602. The molecule has 0 aromatic rings. The third-order valence-corrected chi connectivity index (χ3v) is 1.32. The molecule has 0 radical (unpaired) electrons. The van der Waals surface area contributed by atoms with Crippen molar-refractivity contribution in [2.75, 3.05) is 6.54 Å². The molecule has 0 aromatic heterocycles. The van der Waals surface area contributed by atoms with Crippen LogP contribution in [0, 0.1) is 0 Å². The van der Waals surface area contributed by atoms with E-state index in [2.05, 4.69) is 0 Å². The fraction of sp³-hybridized carbons (Fsp3) is 0.833. The van der Waals surface area contributed by atoms with E-state index in [1.807, 2.05) is 0 Å². The Morgan fingerprint density at radius 1 is 1.45 bits per heavy atom. The number of hydrogen-bond acceptors (Lipinski definition) is 5. The van der Waals surface area contributed by atoms with Crippen LogP contribution in [0.2, 0.25) is 0 Å². The SMILES string of the molecule is [2H]C(=O)C[C@@H](O)[C@H](O)[C@H](O)CN. The third kappa shape index (κ3) is 3.43. The molecule has 0 heterocycles. The lowest BCUT2D eigenvalue weighted by molar-refractivity contribution is -0.113.